The van der Waals surface area contributed by atoms with Crippen LogP contribution in [0.3, 0.4) is 0 Å². The molecule has 0 atom stereocenters. The van der Waals surface area contributed by atoms with Gasteiger partial charge in [0.25, 0.3) is 0 Å². The Morgan fingerprint density at radius 3 is 2.73 bits per heavy atom. The van der Waals surface area contributed by atoms with E-state index in [-0.39, 0.29) is 12.3 Å². The third kappa shape index (κ3) is 4.79. The lowest BCUT2D eigenvalue weighted by atomic mass is 10.2. The zero-order valence-corrected chi connectivity index (χ0v) is 17.1. The van der Waals surface area contributed by atoms with Crippen LogP contribution in [0.4, 0.5) is 5.69 Å². The van der Waals surface area contributed by atoms with Crippen LogP contribution in [-0.4, -0.2) is 34.4 Å². The fourth-order valence-corrected chi connectivity index (χ4v) is 3.59. The van der Waals surface area contributed by atoms with E-state index in [1.54, 1.807) is 7.11 Å². The van der Waals surface area contributed by atoms with Crippen molar-refractivity contribution in [2.75, 3.05) is 19.0 Å². The molecule has 7 heteroatoms. The molecule has 2 aromatic carbocycles. The lowest BCUT2D eigenvalue weighted by molar-refractivity contribution is -0.116. The Hall–Kier alpha value is -3.35. The quantitative estimate of drug-likeness (QED) is 0.639. The van der Waals surface area contributed by atoms with E-state index in [0.29, 0.717) is 12.4 Å². The van der Waals surface area contributed by atoms with Gasteiger partial charge < -0.3 is 19.4 Å². The summed E-state index contributed by atoms with van der Waals surface area (Å²) < 4.78 is 13.0. The molecular formula is C23H26N4O3. The highest BCUT2D eigenvalue weighted by Gasteiger charge is 2.16. The summed E-state index contributed by atoms with van der Waals surface area (Å²) in [6.45, 7) is 1.24. The van der Waals surface area contributed by atoms with Gasteiger partial charge in [-0.25, -0.2) is 0 Å². The van der Waals surface area contributed by atoms with Gasteiger partial charge in [0.2, 0.25) is 5.91 Å². The Labute approximate surface area is 176 Å². The molecule has 0 saturated heterocycles. The van der Waals surface area contributed by atoms with Gasteiger partial charge >= 0.3 is 0 Å². The molecule has 0 fully saturated rings. The maximum absolute atomic E-state index is 12.3. The molecule has 1 amide bonds. The maximum atomic E-state index is 12.3. The Bertz CT molecular complexity index is 998. The summed E-state index contributed by atoms with van der Waals surface area (Å²) in [5.74, 6) is 3.29. The fourth-order valence-electron chi connectivity index (χ4n) is 3.59. The molecule has 2 heterocycles. The van der Waals surface area contributed by atoms with E-state index in [0.717, 1.165) is 54.5 Å². The van der Waals surface area contributed by atoms with Gasteiger partial charge in [-0.05, 0) is 49.2 Å². The molecule has 4 rings (SSSR count). The Morgan fingerprint density at radius 2 is 1.90 bits per heavy atom. The number of benzene rings is 2. The molecule has 3 aromatic rings. The average Bonchev–Trinajstić information content (AvgIpc) is 3.02. The van der Waals surface area contributed by atoms with E-state index in [1.165, 1.54) is 6.42 Å². The number of nitrogens with zero attached hydrogens (tertiary/aromatic N) is 3. The molecule has 0 radical (unpaired) electrons. The van der Waals surface area contributed by atoms with E-state index in [4.69, 9.17) is 9.47 Å². The standard InChI is InChI=1S/C23H26N4O3/c1-29-19-9-11-20(12-10-19)30-15-13-22(28)24-18-7-5-6-17(16-18)23-26-25-21-8-3-2-4-14-27(21)23/h5-7,9-12,16H,2-4,8,13-15H2,1H3,(H,24,28). The second-order valence-electron chi connectivity index (χ2n) is 7.31. The lowest BCUT2D eigenvalue weighted by Gasteiger charge is -2.10. The Morgan fingerprint density at radius 1 is 1.07 bits per heavy atom. The first-order valence-corrected chi connectivity index (χ1v) is 10.3. The minimum atomic E-state index is -0.0965. The number of aromatic nitrogens is 3. The van der Waals surface area contributed by atoms with Crippen molar-refractivity contribution in [3.63, 3.8) is 0 Å². The number of nitrogens with one attached hydrogen (secondary N) is 1. The summed E-state index contributed by atoms with van der Waals surface area (Å²) >= 11 is 0. The second kappa shape index (κ2) is 9.43. The molecule has 0 spiro atoms. The molecule has 0 bridgehead atoms. The first kappa shape index (κ1) is 19.9. The van der Waals surface area contributed by atoms with E-state index < -0.39 is 0 Å². The molecule has 30 heavy (non-hydrogen) atoms. The summed E-state index contributed by atoms with van der Waals surface area (Å²) in [5, 5.41) is 11.7. The molecule has 156 valence electrons. The monoisotopic (exact) mass is 406 g/mol. The topological polar surface area (TPSA) is 78.3 Å². The van der Waals surface area contributed by atoms with Gasteiger partial charge in [0.05, 0.1) is 20.1 Å². The van der Waals surface area contributed by atoms with Crippen molar-refractivity contribution < 1.29 is 14.3 Å². The van der Waals surface area contributed by atoms with Crippen LogP contribution < -0.4 is 14.8 Å². The van der Waals surface area contributed by atoms with Gasteiger partial charge in [0, 0.05) is 24.2 Å². The summed E-state index contributed by atoms with van der Waals surface area (Å²) in [4.78, 5) is 12.3. The van der Waals surface area contributed by atoms with Crippen molar-refractivity contribution in [1.29, 1.82) is 0 Å². The molecule has 0 aliphatic carbocycles. The Balaban J connectivity index is 1.35. The van der Waals surface area contributed by atoms with E-state index in [2.05, 4.69) is 20.1 Å². The number of amides is 1. The van der Waals surface area contributed by atoms with Crippen molar-refractivity contribution in [1.82, 2.24) is 14.8 Å². The smallest absolute Gasteiger partial charge is 0.227 e. The number of fused-ring (bicyclic) bond motifs is 1. The molecule has 1 aliphatic rings. The van der Waals surface area contributed by atoms with Crippen LogP contribution in [0.5, 0.6) is 11.5 Å². The number of hydrogen-bond acceptors (Lipinski definition) is 5. The van der Waals surface area contributed by atoms with Crippen molar-refractivity contribution in [2.45, 2.75) is 38.6 Å². The van der Waals surface area contributed by atoms with Crippen molar-refractivity contribution >= 4 is 11.6 Å². The van der Waals surface area contributed by atoms with Gasteiger partial charge in [0.1, 0.15) is 17.3 Å². The van der Waals surface area contributed by atoms with Crippen LogP contribution in [0.1, 0.15) is 31.5 Å². The third-order valence-electron chi connectivity index (χ3n) is 5.17. The highest BCUT2D eigenvalue weighted by atomic mass is 16.5. The molecular weight excluding hydrogens is 380 g/mol. The first-order chi connectivity index (χ1) is 14.7. The number of rotatable bonds is 7. The van der Waals surface area contributed by atoms with Gasteiger partial charge in [-0.1, -0.05) is 18.6 Å². The van der Waals surface area contributed by atoms with Crippen LogP contribution in [0.25, 0.3) is 11.4 Å². The predicted molar refractivity (Wildman–Crippen MR) is 115 cm³/mol. The Kier molecular flexibility index (Phi) is 6.27. The van der Waals surface area contributed by atoms with Gasteiger partial charge in [-0.2, -0.15) is 0 Å². The summed E-state index contributed by atoms with van der Waals surface area (Å²) in [7, 11) is 1.62. The second-order valence-corrected chi connectivity index (χ2v) is 7.31. The number of anilines is 1. The summed E-state index contributed by atoms with van der Waals surface area (Å²) in [5.41, 5.74) is 1.70. The fraction of sp³-hybridized carbons (Fsp3) is 0.348. The molecule has 1 N–H and O–H groups in total. The van der Waals surface area contributed by atoms with Crippen LogP contribution in [0, 0.1) is 0 Å². The van der Waals surface area contributed by atoms with Crippen LogP contribution in [0.2, 0.25) is 0 Å². The average molecular weight is 406 g/mol. The largest absolute Gasteiger partial charge is 0.497 e. The predicted octanol–water partition coefficient (Wildman–Crippen LogP) is 4.09. The highest BCUT2D eigenvalue weighted by molar-refractivity contribution is 5.91. The van der Waals surface area contributed by atoms with Crippen molar-refractivity contribution in [2.24, 2.45) is 0 Å². The number of hydrogen-bond donors (Lipinski definition) is 1. The van der Waals surface area contributed by atoms with Crippen LogP contribution >= 0.6 is 0 Å². The summed E-state index contributed by atoms with van der Waals surface area (Å²) in [6.07, 6.45) is 4.75. The molecule has 0 saturated carbocycles. The maximum Gasteiger partial charge on any atom is 0.227 e. The van der Waals surface area contributed by atoms with Gasteiger partial charge in [-0.3, -0.25) is 4.79 Å². The highest BCUT2D eigenvalue weighted by Crippen LogP contribution is 2.25. The van der Waals surface area contributed by atoms with Gasteiger partial charge in [-0.15, -0.1) is 10.2 Å². The molecule has 1 aromatic heterocycles. The van der Waals surface area contributed by atoms with Gasteiger partial charge in [0.15, 0.2) is 5.82 Å². The van der Waals surface area contributed by atoms with Crippen molar-refractivity contribution in [3.8, 4) is 22.9 Å². The normalized spacial score (nSPS) is 13.2. The number of methoxy groups -OCH3 is 1. The zero-order chi connectivity index (χ0) is 20.8. The minimum Gasteiger partial charge on any atom is -0.497 e. The summed E-state index contributed by atoms with van der Waals surface area (Å²) in [6, 6.07) is 15.1. The SMILES string of the molecule is COc1ccc(OCCC(=O)Nc2cccc(-c3nnc4n3CCCCC4)c2)cc1. The first-order valence-electron chi connectivity index (χ1n) is 10.3. The van der Waals surface area contributed by atoms with E-state index in [1.807, 2.05) is 48.5 Å². The number of carbonyl (C=O) groups excluding carboxylic acids is 1. The number of carbonyl (C=O) groups is 1. The zero-order valence-electron chi connectivity index (χ0n) is 17.1. The van der Waals surface area contributed by atoms with Crippen LogP contribution in [-0.2, 0) is 17.8 Å². The third-order valence-corrected chi connectivity index (χ3v) is 5.17. The molecule has 1 aliphatic heterocycles. The van der Waals surface area contributed by atoms with Crippen molar-refractivity contribution in [3.05, 3.63) is 54.4 Å². The number of aryl methyl sites for hydroxylation is 1. The van der Waals surface area contributed by atoms with Crippen LogP contribution in [0.15, 0.2) is 48.5 Å². The van der Waals surface area contributed by atoms with E-state index in [9.17, 15) is 4.79 Å². The number of ether oxygens (including phenoxy) is 2. The minimum absolute atomic E-state index is 0.0965. The molecule has 7 nitrogen and oxygen atoms in total. The van der Waals surface area contributed by atoms with E-state index >= 15 is 0 Å². The molecule has 0 unspecified atom stereocenters. The lowest BCUT2D eigenvalue weighted by Crippen LogP contribution is -2.15.